The molecule has 24 heavy (non-hydrogen) atoms. The molecule has 0 amide bonds. The Balaban J connectivity index is 2.12. The molecule has 4 heteroatoms. The van der Waals surface area contributed by atoms with E-state index >= 15 is 0 Å². The van der Waals surface area contributed by atoms with E-state index in [0.29, 0.717) is 17.9 Å². The Morgan fingerprint density at radius 3 is 2.54 bits per heavy atom. The number of nitrogens with zero attached hydrogens (tertiary/aromatic N) is 1. The maximum absolute atomic E-state index is 12.6. The average molecular weight is 338 g/mol. The first-order valence-corrected chi connectivity index (χ1v) is 9.57. The van der Waals surface area contributed by atoms with Crippen molar-refractivity contribution in [3.8, 4) is 6.07 Å². The zero-order valence-corrected chi connectivity index (χ0v) is 15.1. The van der Waals surface area contributed by atoms with Gasteiger partial charge in [-0.3, -0.25) is 4.79 Å². The van der Waals surface area contributed by atoms with Gasteiger partial charge in [-0.05, 0) is 29.7 Å². The van der Waals surface area contributed by atoms with Gasteiger partial charge in [-0.25, -0.2) is 0 Å². The summed E-state index contributed by atoms with van der Waals surface area (Å²) in [4.78, 5) is 12.6. The summed E-state index contributed by atoms with van der Waals surface area (Å²) >= 11 is 1.54. The van der Waals surface area contributed by atoms with Crippen LogP contribution in [-0.4, -0.2) is 12.0 Å². The van der Waals surface area contributed by atoms with Crippen LogP contribution in [0.15, 0.2) is 46.6 Å². The van der Waals surface area contributed by atoms with E-state index in [4.69, 9.17) is 0 Å². The maximum atomic E-state index is 12.6. The minimum atomic E-state index is -0.255. The van der Waals surface area contributed by atoms with Crippen molar-refractivity contribution in [3.63, 3.8) is 0 Å². The molecule has 1 aromatic carbocycles. The van der Waals surface area contributed by atoms with Gasteiger partial charge in [0.2, 0.25) is 0 Å². The number of hydrogen-bond donors (Lipinski definition) is 1. The molecule has 0 saturated heterocycles. The predicted octanol–water partition coefficient (Wildman–Crippen LogP) is 4.46. The number of fused-ring (bicyclic) bond motifs is 1. The second-order valence-electron chi connectivity index (χ2n) is 6.62. The number of benzene rings is 1. The quantitative estimate of drug-likeness (QED) is 0.884. The van der Waals surface area contributed by atoms with E-state index in [1.165, 1.54) is 17.3 Å². The monoisotopic (exact) mass is 338 g/mol. The summed E-state index contributed by atoms with van der Waals surface area (Å²) in [5.74, 6) is 0.255. The van der Waals surface area contributed by atoms with Crippen molar-refractivity contribution < 1.29 is 4.79 Å². The van der Waals surface area contributed by atoms with Crippen LogP contribution < -0.4 is 5.32 Å². The molecule has 2 unspecified atom stereocenters. The second kappa shape index (κ2) is 6.86. The summed E-state index contributed by atoms with van der Waals surface area (Å²) in [6.07, 6.45) is 5.42. The van der Waals surface area contributed by atoms with Gasteiger partial charge in [-0.1, -0.05) is 44.2 Å². The molecule has 3 nitrogen and oxygen atoms in total. The number of allylic oxidation sites excluding steroid dienone is 3. The highest BCUT2D eigenvalue weighted by Gasteiger charge is 2.41. The van der Waals surface area contributed by atoms with E-state index in [1.54, 1.807) is 0 Å². The molecule has 0 aromatic heterocycles. The molecule has 1 aromatic rings. The molecule has 1 aliphatic carbocycles. The van der Waals surface area contributed by atoms with E-state index < -0.39 is 0 Å². The first-order valence-electron chi connectivity index (χ1n) is 8.34. The molecule has 2 atom stereocenters. The first-order chi connectivity index (χ1) is 11.6. The predicted molar refractivity (Wildman–Crippen MR) is 98.4 cm³/mol. The molecule has 0 spiro atoms. The van der Waals surface area contributed by atoms with Gasteiger partial charge >= 0.3 is 0 Å². The van der Waals surface area contributed by atoms with Gasteiger partial charge in [0.25, 0.3) is 0 Å². The third-order valence-electron chi connectivity index (χ3n) is 4.87. The average Bonchev–Trinajstić information content (AvgIpc) is 2.60. The standard InChI is InChI=1S/C20H22N2OS/c1-12(2)13-7-9-14(10-8-13)18-15(11-21)20(24-3)22-16-5-4-6-17(23)19(16)18/h5,7-10,12,18-19,22H,4,6H2,1-3H3. The highest BCUT2D eigenvalue weighted by atomic mass is 32.2. The summed E-state index contributed by atoms with van der Waals surface area (Å²) in [7, 11) is 0. The van der Waals surface area contributed by atoms with E-state index in [2.05, 4.69) is 55.6 Å². The number of rotatable bonds is 3. The largest absolute Gasteiger partial charge is 0.352 e. The molecule has 124 valence electrons. The number of thioether (sulfide) groups is 1. The normalized spacial score (nSPS) is 23.5. The van der Waals surface area contributed by atoms with E-state index in [0.717, 1.165) is 22.7 Å². The van der Waals surface area contributed by atoms with Crippen molar-refractivity contribution in [1.82, 2.24) is 5.32 Å². The lowest BCUT2D eigenvalue weighted by Crippen LogP contribution is -2.38. The van der Waals surface area contributed by atoms with Gasteiger partial charge in [0, 0.05) is 18.0 Å². The van der Waals surface area contributed by atoms with Crippen LogP contribution in [0.4, 0.5) is 0 Å². The third kappa shape index (κ3) is 2.89. The Morgan fingerprint density at radius 2 is 1.96 bits per heavy atom. The summed E-state index contributed by atoms with van der Waals surface area (Å²) in [6.45, 7) is 4.33. The van der Waals surface area contributed by atoms with Crippen LogP contribution in [0.1, 0.15) is 49.7 Å². The smallest absolute Gasteiger partial charge is 0.143 e. The lowest BCUT2D eigenvalue weighted by atomic mass is 9.72. The lowest BCUT2D eigenvalue weighted by Gasteiger charge is -2.37. The molecule has 0 radical (unpaired) electrons. The van der Waals surface area contributed by atoms with Gasteiger partial charge in [-0.15, -0.1) is 11.8 Å². The lowest BCUT2D eigenvalue weighted by molar-refractivity contribution is -0.122. The van der Waals surface area contributed by atoms with Crippen molar-refractivity contribution in [3.05, 3.63) is 57.8 Å². The molecule has 3 rings (SSSR count). The van der Waals surface area contributed by atoms with E-state index in [-0.39, 0.29) is 17.6 Å². The molecule has 0 saturated carbocycles. The Morgan fingerprint density at radius 1 is 1.25 bits per heavy atom. The zero-order valence-electron chi connectivity index (χ0n) is 14.3. The SMILES string of the molecule is CSC1=C(C#N)C(c2ccc(C(C)C)cc2)C2C(=O)CCC=C2N1. The fourth-order valence-corrected chi connectivity index (χ4v) is 4.17. The molecule has 1 heterocycles. The van der Waals surface area contributed by atoms with Crippen LogP contribution in [0.5, 0.6) is 0 Å². The minimum Gasteiger partial charge on any atom is -0.352 e. The Bertz CT molecular complexity index is 753. The summed E-state index contributed by atoms with van der Waals surface area (Å²) in [5.41, 5.74) is 3.96. The van der Waals surface area contributed by atoms with Crippen molar-refractivity contribution in [2.45, 2.75) is 38.5 Å². The highest BCUT2D eigenvalue weighted by Crippen LogP contribution is 2.45. The van der Waals surface area contributed by atoms with E-state index in [9.17, 15) is 10.1 Å². The van der Waals surface area contributed by atoms with Crippen molar-refractivity contribution in [2.24, 2.45) is 5.92 Å². The van der Waals surface area contributed by atoms with Gasteiger partial charge in [-0.2, -0.15) is 5.26 Å². The maximum Gasteiger partial charge on any atom is 0.143 e. The first kappa shape index (κ1) is 16.9. The summed E-state index contributed by atoms with van der Waals surface area (Å²) < 4.78 is 0. The molecule has 1 aliphatic heterocycles. The highest BCUT2D eigenvalue weighted by molar-refractivity contribution is 8.02. The van der Waals surface area contributed by atoms with Crippen LogP contribution in [0.3, 0.4) is 0 Å². The molecule has 2 aliphatic rings. The van der Waals surface area contributed by atoms with Crippen LogP contribution in [0.2, 0.25) is 0 Å². The zero-order chi connectivity index (χ0) is 17.3. The Labute approximate surface area is 147 Å². The Hall–Kier alpha value is -1.99. The second-order valence-corrected chi connectivity index (χ2v) is 7.44. The third-order valence-corrected chi connectivity index (χ3v) is 5.60. The number of nitrogens with one attached hydrogen (secondary N) is 1. The van der Waals surface area contributed by atoms with E-state index in [1.807, 2.05) is 6.26 Å². The number of nitriles is 1. The number of hydrogen-bond acceptors (Lipinski definition) is 4. The minimum absolute atomic E-state index is 0.182. The number of Topliss-reactive ketones (excluding diaryl/α,β-unsaturated/α-hetero) is 1. The van der Waals surface area contributed by atoms with Gasteiger partial charge < -0.3 is 5.32 Å². The molecular formula is C20H22N2OS. The van der Waals surface area contributed by atoms with Crippen molar-refractivity contribution >= 4 is 17.5 Å². The topological polar surface area (TPSA) is 52.9 Å². The van der Waals surface area contributed by atoms with Crippen LogP contribution in [0.25, 0.3) is 0 Å². The van der Waals surface area contributed by atoms with Gasteiger partial charge in [0.15, 0.2) is 0 Å². The van der Waals surface area contributed by atoms with Gasteiger partial charge in [0.05, 0.1) is 22.6 Å². The molecule has 0 bridgehead atoms. The van der Waals surface area contributed by atoms with Crippen LogP contribution in [0, 0.1) is 17.2 Å². The fraction of sp³-hybridized carbons (Fsp3) is 0.400. The summed E-state index contributed by atoms with van der Waals surface area (Å²) in [5, 5.41) is 13.9. The van der Waals surface area contributed by atoms with Crippen molar-refractivity contribution in [2.75, 3.05) is 6.26 Å². The molecule has 0 fully saturated rings. The van der Waals surface area contributed by atoms with Crippen LogP contribution >= 0.6 is 11.8 Å². The molecule has 1 N–H and O–H groups in total. The number of carbonyl (C=O) groups is 1. The summed E-state index contributed by atoms with van der Waals surface area (Å²) in [6, 6.07) is 10.8. The fourth-order valence-electron chi connectivity index (χ4n) is 3.56. The number of ketones is 1. The number of carbonyl (C=O) groups excluding carboxylic acids is 1. The van der Waals surface area contributed by atoms with Crippen LogP contribution in [-0.2, 0) is 4.79 Å². The van der Waals surface area contributed by atoms with Crippen molar-refractivity contribution in [1.29, 1.82) is 5.26 Å². The molecular weight excluding hydrogens is 316 g/mol. The van der Waals surface area contributed by atoms with Gasteiger partial charge in [0.1, 0.15) is 5.78 Å². The Kier molecular flexibility index (Phi) is 4.82.